The molecule has 0 spiro atoms. The zero-order valence-corrected chi connectivity index (χ0v) is 21.4. The fraction of sp³-hybridized carbons (Fsp3) is 0.231. The molecule has 0 atom stereocenters. The van der Waals surface area contributed by atoms with Gasteiger partial charge >= 0.3 is 0 Å². The summed E-state index contributed by atoms with van der Waals surface area (Å²) >= 11 is 2.66. The van der Waals surface area contributed by atoms with Gasteiger partial charge in [0.15, 0.2) is 5.16 Å². The van der Waals surface area contributed by atoms with Gasteiger partial charge in [0.1, 0.15) is 10.6 Å². The van der Waals surface area contributed by atoms with Crippen molar-refractivity contribution in [2.24, 2.45) is 0 Å². The van der Waals surface area contributed by atoms with Gasteiger partial charge < -0.3 is 15.0 Å². The van der Waals surface area contributed by atoms with E-state index < -0.39 is 0 Å². The Kier molecular flexibility index (Phi) is 6.80. The summed E-state index contributed by atoms with van der Waals surface area (Å²) in [5, 5.41) is 3.92. The number of nitrogens with zero attached hydrogens (tertiary/aromatic N) is 3. The van der Waals surface area contributed by atoms with E-state index in [0.29, 0.717) is 52.0 Å². The second-order valence-corrected chi connectivity index (χ2v) is 10.3. The first-order valence-corrected chi connectivity index (χ1v) is 13.2. The molecule has 0 fully saturated rings. The maximum Gasteiger partial charge on any atom is 0.267 e. The summed E-state index contributed by atoms with van der Waals surface area (Å²) in [5.74, 6) is 0.602. The van der Waals surface area contributed by atoms with Crippen molar-refractivity contribution in [1.29, 1.82) is 0 Å². The zero-order valence-electron chi connectivity index (χ0n) is 19.8. The van der Waals surface area contributed by atoms with Gasteiger partial charge in [0.2, 0.25) is 11.8 Å². The highest BCUT2D eigenvalue weighted by atomic mass is 32.2. The molecule has 0 bridgehead atoms. The lowest BCUT2D eigenvalue weighted by Crippen LogP contribution is -2.34. The minimum Gasteiger partial charge on any atom is -0.497 e. The molecule has 1 aliphatic heterocycles. The van der Waals surface area contributed by atoms with Gasteiger partial charge in [0, 0.05) is 24.0 Å². The van der Waals surface area contributed by atoms with Crippen LogP contribution in [0.4, 0.5) is 5.69 Å². The highest BCUT2D eigenvalue weighted by Gasteiger charge is 2.26. The standard InChI is InChI=1S/C26H24N4O4S2/c1-16(31)29-13-12-20-21(14-29)36-24-23(20)25(33)30(18-6-4-3-5-7-18)26(28-24)35-15-22(32)27-17-8-10-19(34-2)11-9-17/h3-11H,12-15H2,1-2H3,(H,27,32). The van der Waals surface area contributed by atoms with Crippen molar-refractivity contribution in [3.05, 3.63) is 75.4 Å². The molecule has 1 aliphatic rings. The van der Waals surface area contributed by atoms with Crippen LogP contribution in [0, 0.1) is 0 Å². The number of aromatic nitrogens is 2. The summed E-state index contributed by atoms with van der Waals surface area (Å²) in [4.78, 5) is 46.7. The maximum absolute atomic E-state index is 13.8. The number of hydrogen-bond donors (Lipinski definition) is 1. The molecule has 184 valence electrons. The van der Waals surface area contributed by atoms with Crippen molar-refractivity contribution in [1.82, 2.24) is 14.5 Å². The number of benzene rings is 2. The molecule has 8 nitrogen and oxygen atoms in total. The van der Waals surface area contributed by atoms with Gasteiger partial charge in [-0.15, -0.1) is 11.3 Å². The summed E-state index contributed by atoms with van der Waals surface area (Å²) in [6, 6.07) is 16.4. The highest BCUT2D eigenvalue weighted by molar-refractivity contribution is 7.99. The van der Waals surface area contributed by atoms with Gasteiger partial charge in [-0.3, -0.25) is 19.0 Å². The number of amides is 2. The van der Waals surface area contributed by atoms with Gasteiger partial charge in [-0.05, 0) is 48.4 Å². The topological polar surface area (TPSA) is 93.5 Å². The largest absolute Gasteiger partial charge is 0.497 e. The van der Waals surface area contributed by atoms with Crippen LogP contribution in [0.3, 0.4) is 0 Å². The number of hydrogen-bond acceptors (Lipinski definition) is 7. The maximum atomic E-state index is 13.8. The average molecular weight is 521 g/mol. The van der Waals surface area contributed by atoms with Gasteiger partial charge in [-0.2, -0.15) is 0 Å². The van der Waals surface area contributed by atoms with Crippen molar-refractivity contribution < 1.29 is 14.3 Å². The molecule has 0 aliphatic carbocycles. The minimum atomic E-state index is -0.207. The Balaban J connectivity index is 1.48. The van der Waals surface area contributed by atoms with E-state index in [1.807, 2.05) is 30.3 Å². The van der Waals surface area contributed by atoms with Gasteiger partial charge in [0.25, 0.3) is 5.56 Å². The van der Waals surface area contributed by atoms with E-state index in [9.17, 15) is 14.4 Å². The van der Waals surface area contributed by atoms with Gasteiger partial charge in [0.05, 0.1) is 30.5 Å². The second-order valence-electron chi connectivity index (χ2n) is 8.31. The first-order chi connectivity index (χ1) is 17.4. The molecule has 10 heteroatoms. The molecule has 4 aromatic rings. The lowest BCUT2D eigenvalue weighted by molar-refractivity contribution is -0.129. The third kappa shape index (κ3) is 4.74. The van der Waals surface area contributed by atoms with Crippen molar-refractivity contribution in [2.75, 3.05) is 24.7 Å². The molecule has 3 heterocycles. The summed E-state index contributed by atoms with van der Waals surface area (Å²) in [6.07, 6.45) is 0.622. The number of para-hydroxylation sites is 1. The van der Waals surface area contributed by atoms with Crippen molar-refractivity contribution in [3.63, 3.8) is 0 Å². The zero-order chi connectivity index (χ0) is 25.2. The van der Waals surface area contributed by atoms with Crippen molar-refractivity contribution in [2.45, 2.75) is 25.0 Å². The Morgan fingerprint density at radius 3 is 2.58 bits per heavy atom. The van der Waals surface area contributed by atoms with E-state index in [4.69, 9.17) is 9.72 Å². The molecule has 0 saturated heterocycles. The van der Waals surface area contributed by atoms with Crippen LogP contribution in [-0.4, -0.2) is 45.7 Å². The Morgan fingerprint density at radius 1 is 1.14 bits per heavy atom. The molecule has 2 aromatic carbocycles. The third-order valence-electron chi connectivity index (χ3n) is 6.01. The number of nitrogens with one attached hydrogen (secondary N) is 1. The highest BCUT2D eigenvalue weighted by Crippen LogP contribution is 2.34. The summed E-state index contributed by atoms with van der Waals surface area (Å²) in [6.45, 7) is 2.63. The lowest BCUT2D eigenvalue weighted by atomic mass is 10.1. The number of rotatable bonds is 6. The molecular formula is C26H24N4O4S2. The monoisotopic (exact) mass is 520 g/mol. The van der Waals surface area contributed by atoms with E-state index >= 15 is 0 Å². The smallest absolute Gasteiger partial charge is 0.267 e. The second kappa shape index (κ2) is 10.2. The Labute approximate surface area is 215 Å². The van der Waals surface area contributed by atoms with E-state index in [1.54, 1.807) is 47.8 Å². The van der Waals surface area contributed by atoms with E-state index in [1.165, 1.54) is 23.1 Å². The molecular weight excluding hydrogens is 496 g/mol. The summed E-state index contributed by atoms with van der Waals surface area (Å²) < 4.78 is 6.73. The predicted octanol–water partition coefficient (Wildman–Crippen LogP) is 4.09. The molecule has 1 N–H and O–H groups in total. The SMILES string of the molecule is COc1ccc(NC(=O)CSc2nc3sc4c(c3c(=O)n2-c2ccccc2)CCN(C(C)=O)C4)cc1. The van der Waals surface area contributed by atoms with Gasteiger partial charge in [-0.25, -0.2) is 4.98 Å². The number of thiophene rings is 1. The number of anilines is 1. The van der Waals surface area contributed by atoms with E-state index in [0.717, 1.165) is 10.4 Å². The quantitative estimate of drug-likeness (QED) is 0.304. The van der Waals surface area contributed by atoms with E-state index in [-0.39, 0.29) is 23.1 Å². The number of carbonyl (C=O) groups is 2. The normalized spacial score (nSPS) is 12.9. The van der Waals surface area contributed by atoms with Crippen molar-refractivity contribution >= 4 is 50.8 Å². The molecule has 0 unspecified atom stereocenters. The summed E-state index contributed by atoms with van der Waals surface area (Å²) in [7, 11) is 1.59. The molecule has 36 heavy (non-hydrogen) atoms. The average Bonchev–Trinajstić information content (AvgIpc) is 3.26. The molecule has 2 aromatic heterocycles. The van der Waals surface area contributed by atoms with Crippen LogP contribution in [0.25, 0.3) is 15.9 Å². The fourth-order valence-electron chi connectivity index (χ4n) is 4.20. The van der Waals surface area contributed by atoms with E-state index in [2.05, 4.69) is 5.32 Å². The summed E-state index contributed by atoms with van der Waals surface area (Å²) in [5.41, 5.74) is 2.17. The molecule has 5 rings (SSSR count). The molecule has 0 radical (unpaired) electrons. The first kappa shape index (κ1) is 24.1. The van der Waals surface area contributed by atoms with Crippen molar-refractivity contribution in [3.8, 4) is 11.4 Å². The predicted molar refractivity (Wildman–Crippen MR) is 142 cm³/mol. The van der Waals surface area contributed by atoms with Crippen LogP contribution in [0.2, 0.25) is 0 Å². The van der Waals surface area contributed by atoms with Crippen LogP contribution in [-0.2, 0) is 22.6 Å². The Hall–Kier alpha value is -3.63. The fourth-order valence-corrected chi connectivity index (χ4v) is 6.29. The number of ether oxygens (including phenoxy) is 1. The third-order valence-corrected chi connectivity index (χ3v) is 8.06. The minimum absolute atomic E-state index is 0.0203. The number of carbonyl (C=O) groups excluding carboxylic acids is 2. The Bertz CT molecular complexity index is 1500. The van der Waals surface area contributed by atoms with Crippen LogP contribution in [0.1, 0.15) is 17.4 Å². The van der Waals surface area contributed by atoms with Crippen LogP contribution >= 0.6 is 23.1 Å². The van der Waals surface area contributed by atoms with Gasteiger partial charge in [-0.1, -0.05) is 30.0 Å². The first-order valence-electron chi connectivity index (χ1n) is 11.4. The molecule has 0 saturated carbocycles. The number of thioether (sulfide) groups is 1. The number of methoxy groups -OCH3 is 1. The lowest BCUT2D eigenvalue weighted by Gasteiger charge is -2.25. The number of fused-ring (bicyclic) bond motifs is 3. The Morgan fingerprint density at radius 2 is 1.89 bits per heavy atom. The van der Waals surface area contributed by atoms with Crippen LogP contribution in [0.5, 0.6) is 5.75 Å². The molecule has 2 amide bonds. The van der Waals surface area contributed by atoms with Crippen LogP contribution < -0.4 is 15.6 Å². The van der Waals surface area contributed by atoms with Crippen LogP contribution in [0.15, 0.2) is 64.5 Å².